The Kier molecular flexibility index (Phi) is 3.82. The molecule has 0 saturated carbocycles. The molecule has 2 aromatic carbocycles. The van der Waals surface area contributed by atoms with Gasteiger partial charge in [0.05, 0.1) is 17.3 Å². The zero-order chi connectivity index (χ0) is 14.0. The van der Waals surface area contributed by atoms with Crippen LogP contribution in [0.5, 0.6) is 0 Å². The second-order valence-electron chi connectivity index (χ2n) is 3.98. The highest BCUT2D eigenvalue weighted by atomic mass is 79.9. The second kappa shape index (κ2) is 5.37. The van der Waals surface area contributed by atoms with Crippen molar-refractivity contribution in [2.75, 3.05) is 5.32 Å². The first-order valence-corrected chi connectivity index (χ1v) is 6.23. The van der Waals surface area contributed by atoms with Crippen molar-refractivity contribution in [3.8, 4) is 6.07 Å². The molecule has 5 heteroatoms. The first kappa shape index (κ1) is 13.5. The summed E-state index contributed by atoms with van der Waals surface area (Å²) in [5, 5.41) is 11.5. The molecule has 0 heterocycles. The van der Waals surface area contributed by atoms with Gasteiger partial charge in [-0.1, -0.05) is 6.07 Å². The molecule has 96 valence electrons. The molecule has 2 rings (SSSR count). The first-order valence-electron chi connectivity index (χ1n) is 5.44. The van der Waals surface area contributed by atoms with Crippen LogP contribution in [0.3, 0.4) is 0 Å². The fourth-order valence-electron chi connectivity index (χ4n) is 1.59. The quantitative estimate of drug-likeness (QED) is 0.873. The number of benzene rings is 2. The van der Waals surface area contributed by atoms with E-state index < -0.39 is 11.6 Å². The molecule has 2 nitrogen and oxygen atoms in total. The molecule has 0 fully saturated rings. The Balaban J connectivity index is 2.42. The van der Waals surface area contributed by atoms with Crippen molar-refractivity contribution in [3.63, 3.8) is 0 Å². The molecule has 0 amide bonds. The number of hydrogen-bond acceptors (Lipinski definition) is 2. The summed E-state index contributed by atoms with van der Waals surface area (Å²) >= 11 is 3.25. The van der Waals surface area contributed by atoms with Crippen LogP contribution in [-0.4, -0.2) is 0 Å². The summed E-state index contributed by atoms with van der Waals surface area (Å²) in [5.41, 5.74) is 1.10. The van der Waals surface area contributed by atoms with Gasteiger partial charge in [-0.05, 0) is 52.7 Å². The maximum absolute atomic E-state index is 13.9. The Morgan fingerprint density at radius 2 is 1.95 bits per heavy atom. The summed E-state index contributed by atoms with van der Waals surface area (Å²) in [6, 6.07) is 9.30. The lowest BCUT2D eigenvalue weighted by Crippen LogP contribution is -2.00. The minimum Gasteiger partial charge on any atom is -0.350 e. The average Bonchev–Trinajstić information content (AvgIpc) is 2.40. The van der Waals surface area contributed by atoms with Gasteiger partial charge in [-0.2, -0.15) is 5.26 Å². The predicted molar refractivity (Wildman–Crippen MR) is 73.2 cm³/mol. The van der Waals surface area contributed by atoms with E-state index in [0.29, 0.717) is 21.3 Å². The lowest BCUT2D eigenvalue weighted by molar-refractivity contribution is 0.585. The van der Waals surface area contributed by atoms with Crippen LogP contribution in [-0.2, 0) is 0 Å². The molecular formula is C14H9BrF2N2. The van der Waals surface area contributed by atoms with Gasteiger partial charge < -0.3 is 5.32 Å². The molecular weight excluding hydrogens is 314 g/mol. The van der Waals surface area contributed by atoms with Crippen LogP contribution < -0.4 is 5.32 Å². The fraction of sp³-hybridized carbons (Fsp3) is 0.0714. The average molecular weight is 323 g/mol. The summed E-state index contributed by atoms with van der Waals surface area (Å²) in [4.78, 5) is 0. The minimum absolute atomic E-state index is 0.203. The highest BCUT2D eigenvalue weighted by Gasteiger charge is 2.13. The van der Waals surface area contributed by atoms with Gasteiger partial charge >= 0.3 is 0 Å². The van der Waals surface area contributed by atoms with Crippen molar-refractivity contribution < 1.29 is 8.78 Å². The molecule has 0 radical (unpaired) electrons. The Labute approximate surface area is 117 Å². The molecule has 0 aliphatic carbocycles. The standard InChI is InChI=1S/C14H9BrF2N2/c1-8-2-4-11(16)14(13(8)17)19-12-5-3-9(7-18)6-10(12)15/h2-6,19H,1H3. The van der Waals surface area contributed by atoms with Gasteiger partial charge in [0.25, 0.3) is 0 Å². The van der Waals surface area contributed by atoms with Gasteiger partial charge in [0.15, 0.2) is 5.82 Å². The number of nitrogens with zero attached hydrogens (tertiary/aromatic N) is 1. The SMILES string of the molecule is Cc1ccc(F)c(Nc2ccc(C#N)cc2Br)c1F. The molecule has 0 unspecified atom stereocenters. The van der Waals surface area contributed by atoms with Crippen molar-refractivity contribution in [3.05, 3.63) is 57.6 Å². The van der Waals surface area contributed by atoms with Gasteiger partial charge in [-0.3, -0.25) is 0 Å². The number of aryl methyl sites for hydroxylation is 1. The largest absolute Gasteiger partial charge is 0.350 e. The predicted octanol–water partition coefficient (Wildman–Crippen LogP) is 4.65. The summed E-state index contributed by atoms with van der Waals surface area (Å²) < 4.78 is 28.0. The molecule has 2 aromatic rings. The van der Waals surface area contributed by atoms with E-state index in [1.54, 1.807) is 25.1 Å². The zero-order valence-corrected chi connectivity index (χ0v) is 11.6. The minimum atomic E-state index is -0.667. The van der Waals surface area contributed by atoms with E-state index in [4.69, 9.17) is 5.26 Å². The highest BCUT2D eigenvalue weighted by Crippen LogP contribution is 2.30. The molecule has 0 aromatic heterocycles. The van der Waals surface area contributed by atoms with E-state index in [-0.39, 0.29) is 5.69 Å². The summed E-state index contributed by atoms with van der Waals surface area (Å²) in [6.45, 7) is 1.56. The molecule has 0 atom stereocenters. The number of hydrogen-bond donors (Lipinski definition) is 1. The van der Waals surface area contributed by atoms with Crippen LogP contribution in [0.4, 0.5) is 20.2 Å². The normalized spacial score (nSPS) is 10.1. The Morgan fingerprint density at radius 1 is 1.21 bits per heavy atom. The van der Waals surface area contributed by atoms with E-state index in [1.807, 2.05) is 6.07 Å². The molecule has 19 heavy (non-hydrogen) atoms. The maximum atomic E-state index is 13.9. The lowest BCUT2D eigenvalue weighted by Gasteiger charge is -2.12. The maximum Gasteiger partial charge on any atom is 0.152 e. The molecule has 0 spiro atoms. The van der Waals surface area contributed by atoms with Crippen LogP contribution in [0.15, 0.2) is 34.8 Å². The third-order valence-electron chi connectivity index (χ3n) is 2.64. The molecule has 0 aliphatic rings. The van der Waals surface area contributed by atoms with Crippen LogP contribution in [0.1, 0.15) is 11.1 Å². The number of rotatable bonds is 2. The number of nitrogens with one attached hydrogen (secondary N) is 1. The van der Waals surface area contributed by atoms with E-state index in [9.17, 15) is 8.78 Å². The van der Waals surface area contributed by atoms with E-state index in [1.165, 1.54) is 12.1 Å². The van der Waals surface area contributed by atoms with Gasteiger partial charge in [0.1, 0.15) is 11.5 Å². The smallest absolute Gasteiger partial charge is 0.152 e. The van der Waals surface area contributed by atoms with Gasteiger partial charge in [0, 0.05) is 4.47 Å². The van der Waals surface area contributed by atoms with Gasteiger partial charge in [0.2, 0.25) is 0 Å². The summed E-state index contributed by atoms with van der Waals surface area (Å²) in [6.07, 6.45) is 0. The fourth-order valence-corrected chi connectivity index (χ4v) is 2.07. The summed E-state index contributed by atoms with van der Waals surface area (Å²) in [7, 11) is 0. The van der Waals surface area contributed by atoms with Crippen molar-refractivity contribution in [2.45, 2.75) is 6.92 Å². The van der Waals surface area contributed by atoms with Crippen LogP contribution >= 0.6 is 15.9 Å². The van der Waals surface area contributed by atoms with E-state index >= 15 is 0 Å². The van der Waals surface area contributed by atoms with Crippen molar-refractivity contribution >= 4 is 27.3 Å². The Hall–Kier alpha value is -1.93. The third-order valence-corrected chi connectivity index (χ3v) is 3.30. The lowest BCUT2D eigenvalue weighted by atomic mass is 10.1. The Morgan fingerprint density at radius 3 is 2.58 bits per heavy atom. The van der Waals surface area contributed by atoms with E-state index in [2.05, 4.69) is 21.2 Å². The third kappa shape index (κ3) is 2.74. The number of halogens is 3. The molecule has 0 bridgehead atoms. The monoisotopic (exact) mass is 322 g/mol. The van der Waals surface area contributed by atoms with Crippen molar-refractivity contribution in [1.29, 1.82) is 5.26 Å². The zero-order valence-electron chi connectivity index (χ0n) is 9.97. The van der Waals surface area contributed by atoms with Gasteiger partial charge in [-0.25, -0.2) is 8.78 Å². The number of anilines is 2. The van der Waals surface area contributed by atoms with Crippen LogP contribution in [0.2, 0.25) is 0 Å². The topological polar surface area (TPSA) is 35.8 Å². The Bertz CT molecular complexity index is 678. The first-order chi connectivity index (χ1) is 9.02. The van der Waals surface area contributed by atoms with E-state index in [0.717, 1.165) is 0 Å². The van der Waals surface area contributed by atoms with Crippen LogP contribution in [0, 0.1) is 29.9 Å². The molecule has 1 N–H and O–H groups in total. The highest BCUT2D eigenvalue weighted by molar-refractivity contribution is 9.10. The van der Waals surface area contributed by atoms with Crippen molar-refractivity contribution in [1.82, 2.24) is 0 Å². The summed E-state index contributed by atoms with van der Waals surface area (Å²) in [5.74, 6) is -1.30. The second-order valence-corrected chi connectivity index (χ2v) is 4.84. The number of nitriles is 1. The van der Waals surface area contributed by atoms with Crippen LogP contribution in [0.25, 0.3) is 0 Å². The van der Waals surface area contributed by atoms with Gasteiger partial charge in [-0.15, -0.1) is 0 Å². The molecule has 0 aliphatic heterocycles. The van der Waals surface area contributed by atoms with Crippen molar-refractivity contribution in [2.24, 2.45) is 0 Å². The molecule has 0 saturated heterocycles.